The molecular formula is C16H21N3O. The number of rotatable bonds is 3. The van der Waals surface area contributed by atoms with Gasteiger partial charge in [0, 0.05) is 24.2 Å². The minimum atomic E-state index is 0.110. The predicted molar refractivity (Wildman–Crippen MR) is 79.2 cm³/mol. The first kappa shape index (κ1) is 13.2. The molecule has 4 nitrogen and oxygen atoms in total. The maximum absolute atomic E-state index is 5.55. The van der Waals surface area contributed by atoms with Crippen LogP contribution in [0, 0.1) is 0 Å². The SMILES string of the molecule is COc1ccc(C(C)C)cc1C1NCCc2[nH]cnc21. The molecule has 0 amide bonds. The van der Waals surface area contributed by atoms with E-state index in [0.717, 1.165) is 24.4 Å². The maximum atomic E-state index is 5.55. The Morgan fingerprint density at radius 3 is 2.95 bits per heavy atom. The molecule has 2 heterocycles. The normalized spacial score (nSPS) is 18.1. The molecule has 1 aromatic carbocycles. The fourth-order valence-electron chi connectivity index (χ4n) is 2.81. The number of methoxy groups -OCH3 is 1. The maximum Gasteiger partial charge on any atom is 0.124 e. The topological polar surface area (TPSA) is 49.9 Å². The number of fused-ring (bicyclic) bond motifs is 1. The monoisotopic (exact) mass is 271 g/mol. The van der Waals surface area contributed by atoms with Crippen LogP contribution in [0.3, 0.4) is 0 Å². The molecule has 0 saturated carbocycles. The summed E-state index contributed by atoms with van der Waals surface area (Å²) in [6.45, 7) is 5.37. The van der Waals surface area contributed by atoms with Crippen molar-refractivity contribution in [2.24, 2.45) is 0 Å². The molecular weight excluding hydrogens is 250 g/mol. The highest BCUT2D eigenvalue weighted by atomic mass is 16.5. The lowest BCUT2D eigenvalue weighted by Gasteiger charge is -2.25. The van der Waals surface area contributed by atoms with E-state index in [1.54, 1.807) is 13.4 Å². The van der Waals surface area contributed by atoms with Crippen molar-refractivity contribution in [3.63, 3.8) is 0 Å². The van der Waals surface area contributed by atoms with Crippen molar-refractivity contribution in [2.75, 3.05) is 13.7 Å². The summed E-state index contributed by atoms with van der Waals surface area (Å²) >= 11 is 0. The smallest absolute Gasteiger partial charge is 0.124 e. The summed E-state index contributed by atoms with van der Waals surface area (Å²) in [5, 5.41) is 3.56. The lowest BCUT2D eigenvalue weighted by molar-refractivity contribution is 0.401. The fraction of sp³-hybridized carbons (Fsp3) is 0.438. The minimum Gasteiger partial charge on any atom is -0.496 e. The Labute approximate surface area is 119 Å². The summed E-state index contributed by atoms with van der Waals surface area (Å²) in [6.07, 6.45) is 2.78. The van der Waals surface area contributed by atoms with Crippen LogP contribution in [0.4, 0.5) is 0 Å². The Bertz CT molecular complexity index is 604. The van der Waals surface area contributed by atoms with Crippen LogP contribution in [0.25, 0.3) is 0 Å². The van der Waals surface area contributed by atoms with Crippen LogP contribution in [0.5, 0.6) is 5.75 Å². The molecule has 0 radical (unpaired) electrons. The van der Waals surface area contributed by atoms with Crippen molar-refractivity contribution >= 4 is 0 Å². The number of hydrogen-bond donors (Lipinski definition) is 2. The second-order valence-electron chi connectivity index (χ2n) is 5.56. The predicted octanol–water partition coefficient (Wildman–Crippen LogP) is 2.78. The first-order valence-electron chi connectivity index (χ1n) is 7.14. The number of benzene rings is 1. The van der Waals surface area contributed by atoms with Crippen LogP contribution >= 0.6 is 0 Å². The molecule has 1 aliphatic heterocycles. The van der Waals surface area contributed by atoms with Crippen LogP contribution in [-0.2, 0) is 6.42 Å². The van der Waals surface area contributed by atoms with Crippen molar-refractivity contribution in [3.8, 4) is 5.75 Å². The Kier molecular flexibility index (Phi) is 3.49. The quantitative estimate of drug-likeness (QED) is 0.902. The van der Waals surface area contributed by atoms with Gasteiger partial charge in [-0.2, -0.15) is 0 Å². The van der Waals surface area contributed by atoms with Gasteiger partial charge in [-0.05, 0) is 23.6 Å². The highest BCUT2D eigenvalue weighted by molar-refractivity contribution is 5.45. The molecule has 106 valence electrons. The lowest BCUT2D eigenvalue weighted by atomic mass is 9.93. The third kappa shape index (κ3) is 2.20. The Hall–Kier alpha value is -1.81. The van der Waals surface area contributed by atoms with Crippen molar-refractivity contribution < 1.29 is 4.74 Å². The van der Waals surface area contributed by atoms with E-state index in [1.807, 2.05) is 0 Å². The van der Waals surface area contributed by atoms with Gasteiger partial charge in [0.25, 0.3) is 0 Å². The highest BCUT2D eigenvalue weighted by Gasteiger charge is 2.26. The zero-order valence-corrected chi connectivity index (χ0v) is 12.2. The van der Waals surface area contributed by atoms with E-state index >= 15 is 0 Å². The van der Waals surface area contributed by atoms with E-state index in [4.69, 9.17) is 4.74 Å². The van der Waals surface area contributed by atoms with Crippen molar-refractivity contribution in [1.82, 2.24) is 15.3 Å². The van der Waals surface area contributed by atoms with Crippen LogP contribution in [0.1, 0.15) is 48.3 Å². The summed E-state index contributed by atoms with van der Waals surface area (Å²) in [6, 6.07) is 6.55. The molecule has 1 aromatic heterocycles. The van der Waals surface area contributed by atoms with Gasteiger partial charge in [0.1, 0.15) is 5.75 Å². The van der Waals surface area contributed by atoms with Gasteiger partial charge < -0.3 is 15.0 Å². The molecule has 0 aliphatic carbocycles. The van der Waals surface area contributed by atoms with Crippen LogP contribution in [-0.4, -0.2) is 23.6 Å². The molecule has 0 spiro atoms. The number of H-pyrrole nitrogens is 1. The molecule has 1 unspecified atom stereocenters. The number of hydrogen-bond acceptors (Lipinski definition) is 3. The standard InChI is InChI=1S/C16H21N3O/c1-10(2)11-4-5-14(20-3)12(8-11)15-16-13(6-7-17-15)18-9-19-16/h4-5,8-10,15,17H,6-7H2,1-3H3,(H,18,19). The zero-order chi connectivity index (χ0) is 14.1. The van der Waals surface area contributed by atoms with E-state index < -0.39 is 0 Å². The molecule has 2 aromatic rings. The van der Waals surface area contributed by atoms with Crippen LogP contribution in [0.15, 0.2) is 24.5 Å². The molecule has 0 saturated heterocycles. The van der Waals surface area contributed by atoms with Crippen molar-refractivity contribution in [3.05, 3.63) is 47.0 Å². The average molecular weight is 271 g/mol. The van der Waals surface area contributed by atoms with Gasteiger partial charge in [0.2, 0.25) is 0 Å². The Morgan fingerprint density at radius 2 is 2.20 bits per heavy atom. The number of aromatic amines is 1. The minimum absolute atomic E-state index is 0.110. The molecule has 4 heteroatoms. The van der Waals surface area contributed by atoms with E-state index in [2.05, 4.69) is 47.3 Å². The van der Waals surface area contributed by atoms with E-state index in [-0.39, 0.29) is 6.04 Å². The molecule has 3 rings (SSSR count). The number of ether oxygens (including phenoxy) is 1. The van der Waals surface area contributed by atoms with Crippen molar-refractivity contribution in [1.29, 1.82) is 0 Å². The largest absolute Gasteiger partial charge is 0.496 e. The Morgan fingerprint density at radius 1 is 1.35 bits per heavy atom. The summed E-state index contributed by atoms with van der Waals surface area (Å²) in [5.74, 6) is 1.42. The van der Waals surface area contributed by atoms with Crippen LogP contribution < -0.4 is 10.1 Å². The summed E-state index contributed by atoms with van der Waals surface area (Å²) in [5.41, 5.74) is 4.82. The van der Waals surface area contributed by atoms with Gasteiger partial charge in [-0.25, -0.2) is 4.98 Å². The lowest BCUT2D eigenvalue weighted by Crippen LogP contribution is -2.31. The summed E-state index contributed by atoms with van der Waals surface area (Å²) in [7, 11) is 1.72. The van der Waals surface area contributed by atoms with E-state index in [0.29, 0.717) is 5.92 Å². The summed E-state index contributed by atoms with van der Waals surface area (Å²) < 4.78 is 5.55. The first-order valence-corrected chi connectivity index (χ1v) is 7.14. The highest BCUT2D eigenvalue weighted by Crippen LogP contribution is 2.34. The first-order chi connectivity index (χ1) is 9.70. The van der Waals surface area contributed by atoms with Gasteiger partial charge in [0.05, 0.1) is 25.2 Å². The third-order valence-corrected chi connectivity index (χ3v) is 3.98. The van der Waals surface area contributed by atoms with Crippen LogP contribution in [0.2, 0.25) is 0 Å². The molecule has 20 heavy (non-hydrogen) atoms. The van der Waals surface area contributed by atoms with Gasteiger partial charge in [-0.1, -0.05) is 19.9 Å². The second kappa shape index (κ2) is 5.29. The van der Waals surface area contributed by atoms with Gasteiger partial charge in [-0.3, -0.25) is 0 Å². The Balaban J connectivity index is 2.08. The molecule has 1 atom stereocenters. The van der Waals surface area contributed by atoms with Gasteiger partial charge >= 0.3 is 0 Å². The summed E-state index contributed by atoms with van der Waals surface area (Å²) in [4.78, 5) is 7.73. The molecule has 2 N–H and O–H groups in total. The van der Waals surface area contributed by atoms with Crippen molar-refractivity contribution in [2.45, 2.75) is 32.2 Å². The molecule has 0 fully saturated rings. The number of nitrogens with one attached hydrogen (secondary N) is 2. The van der Waals surface area contributed by atoms with E-state index in [1.165, 1.54) is 16.8 Å². The zero-order valence-electron chi connectivity index (χ0n) is 12.2. The number of nitrogens with zero attached hydrogens (tertiary/aromatic N) is 1. The average Bonchev–Trinajstić information content (AvgIpc) is 2.94. The molecule has 0 bridgehead atoms. The van der Waals surface area contributed by atoms with Gasteiger partial charge in [-0.15, -0.1) is 0 Å². The number of imidazole rings is 1. The molecule has 1 aliphatic rings. The third-order valence-electron chi connectivity index (χ3n) is 3.98. The number of aromatic nitrogens is 2. The second-order valence-corrected chi connectivity index (χ2v) is 5.56. The fourth-order valence-corrected chi connectivity index (χ4v) is 2.81. The van der Waals surface area contributed by atoms with E-state index in [9.17, 15) is 0 Å². The van der Waals surface area contributed by atoms with Gasteiger partial charge in [0.15, 0.2) is 0 Å².